The quantitative estimate of drug-likeness (QED) is 0.643. The van der Waals surface area contributed by atoms with Crippen LogP contribution in [0, 0.1) is 23.0 Å². The molecule has 0 aliphatic carbocycles. The van der Waals surface area contributed by atoms with Crippen molar-refractivity contribution in [1.29, 1.82) is 0 Å². The highest BCUT2D eigenvalue weighted by Gasteiger charge is 2.23. The second kappa shape index (κ2) is 5.79. The van der Waals surface area contributed by atoms with Crippen LogP contribution in [0.2, 0.25) is 0 Å². The number of anilines is 1. The highest BCUT2D eigenvalue weighted by atomic mass is 16.6. The Hall–Kier alpha value is -1.95. The van der Waals surface area contributed by atoms with E-state index >= 15 is 0 Å². The van der Waals surface area contributed by atoms with Gasteiger partial charge in [-0.1, -0.05) is 6.07 Å². The Kier molecular flexibility index (Phi) is 4.11. The van der Waals surface area contributed by atoms with Gasteiger partial charge < -0.3 is 10.6 Å². The topological polar surface area (TPSA) is 84.3 Å². The number of rotatable bonds is 3. The van der Waals surface area contributed by atoms with Gasteiger partial charge in [0.15, 0.2) is 0 Å². The fourth-order valence-corrected chi connectivity index (χ4v) is 2.22. The molecule has 6 heteroatoms. The minimum Gasteiger partial charge on any atom is -0.320 e. The van der Waals surface area contributed by atoms with Crippen molar-refractivity contribution in [2.45, 2.75) is 19.8 Å². The average Bonchev–Trinajstić information content (AvgIpc) is 2.39. The normalized spacial score (nSPS) is 18.9. The van der Waals surface area contributed by atoms with E-state index in [4.69, 9.17) is 0 Å². The first kappa shape index (κ1) is 13.5. The molecule has 0 aromatic heterocycles. The van der Waals surface area contributed by atoms with Gasteiger partial charge in [-0.15, -0.1) is 0 Å². The molecule has 102 valence electrons. The van der Waals surface area contributed by atoms with Crippen LogP contribution in [0.1, 0.15) is 18.4 Å². The molecule has 0 unspecified atom stereocenters. The van der Waals surface area contributed by atoms with Crippen LogP contribution in [-0.2, 0) is 4.79 Å². The lowest BCUT2D eigenvalue weighted by atomic mass is 9.98. The minimum absolute atomic E-state index is 0.0669. The number of hydrogen-bond acceptors (Lipinski definition) is 4. The maximum absolute atomic E-state index is 12.1. The number of nitrogens with zero attached hydrogens (tertiary/aromatic N) is 1. The number of nitro benzene ring substituents is 1. The largest absolute Gasteiger partial charge is 0.320 e. The maximum atomic E-state index is 12.1. The first-order chi connectivity index (χ1) is 9.08. The number of nitro groups is 1. The van der Waals surface area contributed by atoms with Crippen molar-refractivity contribution in [3.63, 3.8) is 0 Å². The van der Waals surface area contributed by atoms with E-state index in [1.165, 1.54) is 6.07 Å². The Morgan fingerprint density at radius 1 is 1.53 bits per heavy atom. The Morgan fingerprint density at radius 3 is 2.95 bits per heavy atom. The SMILES string of the molecule is Cc1ccc([N+](=O)[O-])c(NC(=O)[C@H]2CCCNC2)c1. The van der Waals surface area contributed by atoms with Gasteiger partial charge in [0.1, 0.15) is 5.69 Å². The Labute approximate surface area is 111 Å². The van der Waals surface area contributed by atoms with Gasteiger partial charge >= 0.3 is 0 Å². The molecule has 6 nitrogen and oxygen atoms in total. The molecule has 0 saturated carbocycles. The number of aryl methyl sites for hydroxylation is 1. The lowest BCUT2D eigenvalue weighted by molar-refractivity contribution is -0.383. The van der Waals surface area contributed by atoms with E-state index in [9.17, 15) is 14.9 Å². The number of carbonyl (C=O) groups is 1. The first-order valence-electron chi connectivity index (χ1n) is 6.34. The summed E-state index contributed by atoms with van der Waals surface area (Å²) in [5.74, 6) is -0.269. The predicted octanol–water partition coefficient (Wildman–Crippen LogP) is 1.84. The van der Waals surface area contributed by atoms with Crippen LogP contribution in [0.4, 0.5) is 11.4 Å². The van der Waals surface area contributed by atoms with Gasteiger partial charge in [0.2, 0.25) is 5.91 Å². The second-order valence-corrected chi connectivity index (χ2v) is 4.81. The monoisotopic (exact) mass is 263 g/mol. The Bertz CT molecular complexity index is 496. The van der Waals surface area contributed by atoms with Crippen LogP contribution >= 0.6 is 0 Å². The molecule has 1 aliphatic heterocycles. The third-order valence-corrected chi connectivity index (χ3v) is 3.27. The molecular formula is C13H17N3O3. The molecule has 0 radical (unpaired) electrons. The highest BCUT2D eigenvalue weighted by molar-refractivity contribution is 5.95. The smallest absolute Gasteiger partial charge is 0.292 e. The van der Waals surface area contributed by atoms with Crippen LogP contribution in [0.5, 0.6) is 0 Å². The average molecular weight is 263 g/mol. The lowest BCUT2D eigenvalue weighted by Gasteiger charge is -2.21. The van der Waals surface area contributed by atoms with Crippen molar-refractivity contribution in [1.82, 2.24) is 5.32 Å². The van der Waals surface area contributed by atoms with Crippen molar-refractivity contribution in [3.8, 4) is 0 Å². The molecule has 1 amide bonds. The number of carbonyl (C=O) groups excluding carboxylic acids is 1. The summed E-state index contributed by atoms with van der Waals surface area (Å²) >= 11 is 0. The van der Waals surface area contributed by atoms with Crippen LogP contribution in [0.15, 0.2) is 18.2 Å². The van der Waals surface area contributed by atoms with Crippen molar-refractivity contribution in [3.05, 3.63) is 33.9 Å². The summed E-state index contributed by atoms with van der Waals surface area (Å²) in [6, 6.07) is 4.71. The second-order valence-electron chi connectivity index (χ2n) is 4.81. The molecule has 1 saturated heterocycles. The Morgan fingerprint density at radius 2 is 2.32 bits per heavy atom. The van der Waals surface area contributed by atoms with Crippen LogP contribution < -0.4 is 10.6 Å². The lowest BCUT2D eigenvalue weighted by Crippen LogP contribution is -2.37. The van der Waals surface area contributed by atoms with Gasteiger partial charge in [-0.2, -0.15) is 0 Å². The summed E-state index contributed by atoms with van der Waals surface area (Å²) in [6.07, 6.45) is 1.77. The fourth-order valence-electron chi connectivity index (χ4n) is 2.22. The Balaban J connectivity index is 2.15. The van der Waals surface area contributed by atoms with Gasteiger partial charge in [-0.25, -0.2) is 0 Å². The molecule has 0 spiro atoms. The molecule has 0 bridgehead atoms. The predicted molar refractivity (Wildman–Crippen MR) is 72.1 cm³/mol. The van der Waals surface area contributed by atoms with Crippen LogP contribution in [-0.4, -0.2) is 23.9 Å². The molecule has 2 N–H and O–H groups in total. The standard InChI is InChI=1S/C13H17N3O3/c1-9-4-5-12(16(18)19)11(7-9)15-13(17)10-3-2-6-14-8-10/h4-5,7,10,14H,2-3,6,8H2,1H3,(H,15,17)/t10-/m0/s1. The number of amides is 1. The first-order valence-corrected chi connectivity index (χ1v) is 6.34. The van der Waals surface area contributed by atoms with E-state index in [2.05, 4.69) is 10.6 Å². The zero-order chi connectivity index (χ0) is 13.8. The van der Waals surface area contributed by atoms with E-state index in [0.29, 0.717) is 6.54 Å². The van der Waals surface area contributed by atoms with Crippen LogP contribution in [0.3, 0.4) is 0 Å². The maximum Gasteiger partial charge on any atom is 0.292 e. The molecule has 2 rings (SSSR count). The van der Waals surface area contributed by atoms with E-state index in [1.54, 1.807) is 12.1 Å². The number of nitrogens with one attached hydrogen (secondary N) is 2. The third-order valence-electron chi connectivity index (χ3n) is 3.27. The summed E-state index contributed by atoms with van der Waals surface area (Å²) in [5, 5.41) is 16.8. The number of hydrogen-bond donors (Lipinski definition) is 2. The molecule has 1 aromatic carbocycles. The van der Waals surface area contributed by atoms with Gasteiger partial charge in [0, 0.05) is 12.6 Å². The van der Waals surface area contributed by atoms with E-state index < -0.39 is 4.92 Å². The molecule has 1 aliphatic rings. The summed E-state index contributed by atoms with van der Waals surface area (Å²) in [7, 11) is 0. The molecule has 1 aromatic rings. The number of piperidine rings is 1. The fraction of sp³-hybridized carbons (Fsp3) is 0.462. The van der Waals surface area contributed by atoms with E-state index in [1.807, 2.05) is 6.92 Å². The summed E-state index contributed by atoms with van der Waals surface area (Å²) < 4.78 is 0. The van der Waals surface area contributed by atoms with Crippen molar-refractivity contribution in [2.24, 2.45) is 5.92 Å². The molecule has 1 heterocycles. The molecule has 1 fully saturated rings. The highest BCUT2D eigenvalue weighted by Crippen LogP contribution is 2.26. The van der Waals surface area contributed by atoms with Crippen molar-refractivity contribution < 1.29 is 9.72 Å². The summed E-state index contributed by atoms with van der Waals surface area (Å²) in [6.45, 7) is 3.39. The van der Waals surface area contributed by atoms with Gasteiger partial charge in [-0.3, -0.25) is 14.9 Å². The summed E-state index contributed by atoms with van der Waals surface area (Å²) in [4.78, 5) is 22.5. The molecule has 1 atom stereocenters. The molecular weight excluding hydrogens is 246 g/mol. The van der Waals surface area contributed by atoms with Gasteiger partial charge in [0.25, 0.3) is 5.69 Å². The molecule has 19 heavy (non-hydrogen) atoms. The van der Waals surface area contributed by atoms with Crippen LogP contribution in [0.25, 0.3) is 0 Å². The zero-order valence-corrected chi connectivity index (χ0v) is 10.8. The zero-order valence-electron chi connectivity index (χ0n) is 10.8. The van der Waals surface area contributed by atoms with Gasteiger partial charge in [0.05, 0.1) is 10.8 Å². The number of benzene rings is 1. The summed E-state index contributed by atoms with van der Waals surface area (Å²) in [5.41, 5.74) is 1.09. The van der Waals surface area contributed by atoms with E-state index in [0.717, 1.165) is 24.9 Å². The van der Waals surface area contributed by atoms with Crippen molar-refractivity contribution in [2.75, 3.05) is 18.4 Å². The van der Waals surface area contributed by atoms with Crippen molar-refractivity contribution >= 4 is 17.3 Å². The van der Waals surface area contributed by atoms with E-state index in [-0.39, 0.29) is 23.2 Å². The third kappa shape index (κ3) is 3.29. The van der Waals surface area contributed by atoms with Gasteiger partial charge in [-0.05, 0) is 37.9 Å². The minimum atomic E-state index is -0.478.